The summed E-state index contributed by atoms with van der Waals surface area (Å²) >= 11 is 0. The summed E-state index contributed by atoms with van der Waals surface area (Å²) in [5, 5.41) is 2.83. The van der Waals surface area contributed by atoms with E-state index >= 15 is 0 Å². The summed E-state index contributed by atoms with van der Waals surface area (Å²) in [6.07, 6.45) is 6.65. The van der Waals surface area contributed by atoms with E-state index in [0.29, 0.717) is 17.7 Å². The highest BCUT2D eigenvalue weighted by Crippen LogP contribution is 2.27. The molecule has 1 amide bonds. The van der Waals surface area contributed by atoms with Crippen molar-refractivity contribution in [1.29, 1.82) is 0 Å². The van der Waals surface area contributed by atoms with Crippen LogP contribution in [0.25, 0.3) is 0 Å². The van der Waals surface area contributed by atoms with E-state index in [9.17, 15) is 9.18 Å². The van der Waals surface area contributed by atoms with Crippen molar-refractivity contribution in [2.24, 2.45) is 11.7 Å². The van der Waals surface area contributed by atoms with Gasteiger partial charge in [-0.1, -0.05) is 12.5 Å². The van der Waals surface area contributed by atoms with Crippen LogP contribution in [0.4, 0.5) is 4.39 Å². The first-order valence-electron chi connectivity index (χ1n) is 8.50. The lowest BCUT2D eigenvalue weighted by atomic mass is 10.00. The van der Waals surface area contributed by atoms with E-state index < -0.39 is 5.82 Å². The van der Waals surface area contributed by atoms with Crippen molar-refractivity contribution in [2.45, 2.75) is 38.3 Å². The van der Waals surface area contributed by atoms with Crippen molar-refractivity contribution >= 4 is 5.91 Å². The minimum absolute atomic E-state index is 0.0431. The summed E-state index contributed by atoms with van der Waals surface area (Å²) in [6, 6.07) is 8.19. The van der Waals surface area contributed by atoms with Crippen molar-refractivity contribution in [3.8, 4) is 11.5 Å². The number of pyridine rings is 1. The Bertz CT molecular complexity index is 724. The van der Waals surface area contributed by atoms with Crippen LogP contribution in [0.2, 0.25) is 0 Å². The number of halogens is 1. The molecular weight excluding hydrogens is 321 g/mol. The van der Waals surface area contributed by atoms with Gasteiger partial charge < -0.3 is 15.8 Å². The van der Waals surface area contributed by atoms with Gasteiger partial charge in [0.15, 0.2) is 11.6 Å². The maximum Gasteiger partial charge on any atom is 0.220 e. The predicted octanol–water partition coefficient (Wildman–Crippen LogP) is 3.15. The van der Waals surface area contributed by atoms with Gasteiger partial charge in [-0.3, -0.25) is 9.78 Å². The number of aromatic nitrogens is 1. The lowest BCUT2D eigenvalue weighted by Gasteiger charge is -2.15. The number of nitrogens with zero attached hydrogens (tertiary/aromatic N) is 1. The molecule has 1 aliphatic rings. The van der Waals surface area contributed by atoms with Crippen LogP contribution in [0.15, 0.2) is 42.7 Å². The smallest absolute Gasteiger partial charge is 0.220 e. The highest BCUT2D eigenvalue weighted by atomic mass is 19.1. The molecule has 1 aromatic heterocycles. The van der Waals surface area contributed by atoms with Crippen LogP contribution in [-0.2, 0) is 11.3 Å². The quantitative estimate of drug-likeness (QED) is 0.845. The van der Waals surface area contributed by atoms with Crippen molar-refractivity contribution in [3.63, 3.8) is 0 Å². The molecule has 0 saturated heterocycles. The number of hydrogen-bond acceptors (Lipinski definition) is 4. The molecule has 5 nitrogen and oxygen atoms in total. The first-order chi connectivity index (χ1) is 12.1. The standard InChI is InChI=1S/C19H22FN3O2/c20-16-9-13(6-7-18(16)25-15-4-2-8-22-12-15)11-23-19(24)10-14-3-1-5-17(14)21/h2,4,6-9,12,14,17H,1,3,5,10-11,21H2,(H,23,24)/t14-,17+/m0/s1. The Morgan fingerprint density at radius 2 is 2.24 bits per heavy atom. The third kappa shape index (κ3) is 4.76. The molecule has 3 rings (SSSR count). The number of benzene rings is 1. The van der Waals surface area contributed by atoms with E-state index in [4.69, 9.17) is 10.5 Å². The van der Waals surface area contributed by atoms with Crippen LogP contribution in [0.1, 0.15) is 31.2 Å². The maximum atomic E-state index is 14.2. The molecule has 6 heteroatoms. The Hall–Kier alpha value is -2.47. The average Bonchev–Trinajstić information content (AvgIpc) is 3.01. The molecular formula is C19H22FN3O2. The van der Waals surface area contributed by atoms with E-state index in [-0.39, 0.29) is 30.2 Å². The summed E-state index contributed by atoms with van der Waals surface area (Å²) in [5.74, 6) is 0.328. The number of nitrogens with one attached hydrogen (secondary N) is 1. The van der Waals surface area contributed by atoms with Crippen LogP contribution >= 0.6 is 0 Å². The van der Waals surface area contributed by atoms with Crippen LogP contribution in [-0.4, -0.2) is 16.9 Å². The second-order valence-electron chi connectivity index (χ2n) is 6.39. The van der Waals surface area contributed by atoms with Gasteiger partial charge in [-0.25, -0.2) is 4.39 Å². The first-order valence-corrected chi connectivity index (χ1v) is 8.50. The fourth-order valence-corrected chi connectivity index (χ4v) is 3.10. The molecule has 25 heavy (non-hydrogen) atoms. The zero-order chi connectivity index (χ0) is 17.6. The monoisotopic (exact) mass is 343 g/mol. The minimum Gasteiger partial charge on any atom is -0.453 e. The zero-order valence-electron chi connectivity index (χ0n) is 14.0. The fraction of sp³-hybridized carbons (Fsp3) is 0.368. The highest BCUT2D eigenvalue weighted by molar-refractivity contribution is 5.76. The summed E-state index contributed by atoms with van der Waals surface area (Å²) in [6.45, 7) is 0.283. The largest absolute Gasteiger partial charge is 0.453 e. The summed E-state index contributed by atoms with van der Waals surface area (Å²) in [7, 11) is 0. The second-order valence-corrected chi connectivity index (χ2v) is 6.39. The summed E-state index contributed by atoms with van der Waals surface area (Å²) < 4.78 is 19.6. The number of carbonyl (C=O) groups is 1. The second kappa shape index (κ2) is 8.07. The summed E-state index contributed by atoms with van der Waals surface area (Å²) in [5.41, 5.74) is 6.67. The van der Waals surface area contributed by atoms with Crippen molar-refractivity contribution in [2.75, 3.05) is 0 Å². The van der Waals surface area contributed by atoms with Crippen LogP contribution in [0.5, 0.6) is 11.5 Å². The normalized spacial score (nSPS) is 19.6. The Balaban J connectivity index is 1.53. The SMILES string of the molecule is N[C@@H]1CCC[C@H]1CC(=O)NCc1ccc(Oc2cccnc2)c(F)c1. The van der Waals surface area contributed by atoms with Gasteiger partial charge in [0.25, 0.3) is 0 Å². The van der Waals surface area contributed by atoms with Gasteiger partial charge >= 0.3 is 0 Å². The molecule has 0 bridgehead atoms. The topological polar surface area (TPSA) is 77.2 Å². The van der Waals surface area contributed by atoms with E-state index in [2.05, 4.69) is 10.3 Å². The van der Waals surface area contributed by atoms with Gasteiger partial charge in [0, 0.05) is 25.2 Å². The van der Waals surface area contributed by atoms with Gasteiger partial charge in [0.1, 0.15) is 5.75 Å². The molecule has 1 fully saturated rings. The maximum absolute atomic E-state index is 14.2. The van der Waals surface area contributed by atoms with Crippen LogP contribution < -0.4 is 15.8 Å². The molecule has 2 atom stereocenters. The number of amides is 1. The lowest BCUT2D eigenvalue weighted by Crippen LogP contribution is -2.31. The molecule has 1 aromatic carbocycles. The number of nitrogens with two attached hydrogens (primary N) is 1. The molecule has 0 aliphatic heterocycles. The molecule has 0 unspecified atom stereocenters. The number of carbonyl (C=O) groups excluding carboxylic acids is 1. The molecule has 132 valence electrons. The lowest BCUT2D eigenvalue weighted by molar-refractivity contribution is -0.122. The minimum atomic E-state index is -0.478. The molecule has 0 radical (unpaired) electrons. The molecule has 3 N–H and O–H groups in total. The molecule has 0 spiro atoms. The average molecular weight is 343 g/mol. The predicted molar refractivity (Wildman–Crippen MR) is 92.5 cm³/mol. The van der Waals surface area contributed by atoms with Crippen molar-refractivity contribution in [1.82, 2.24) is 10.3 Å². The van der Waals surface area contributed by atoms with E-state index in [1.54, 1.807) is 30.5 Å². The molecule has 2 aromatic rings. The van der Waals surface area contributed by atoms with Gasteiger partial charge in [-0.05, 0) is 48.6 Å². The fourth-order valence-electron chi connectivity index (χ4n) is 3.10. The van der Waals surface area contributed by atoms with Crippen LogP contribution in [0.3, 0.4) is 0 Å². The van der Waals surface area contributed by atoms with E-state index in [1.165, 1.54) is 12.3 Å². The van der Waals surface area contributed by atoms with E-state index in [1.807, 2.05) is 0 Å². The van der Waals surface area contributed by atoms with Gasteiger partial charge in [-0.15, -0.1) is 0 Å². The van der Waals surface area contributed by atoms with Gasteiger partial charge in [0.2, 0.25) is 5.91 Å². The number of rotatable bonds is 6. The van der Waals surface area contributed by atoms with Crippen molar-refractivity contribution in [3.05, 3.63) is 54.1 Å². The number of hydrogen-bond donors (Lipinski definition) is 2. The van der Waals surface area contributed by atoms with E-state index in [0.717, 1.165) is 19.3 Å². The van der Waals surface area contributed by atoms with Gasteiger partial charge in [0.05, 0.1) is 6.20 Å². The molecule has 1 saturated carbocycles. The number of ether oxygens (including phenoxy) is 1. The van der Waals surface area contributed by atoms with Gasteiger partial charge in [-0.2, -0.15) is 0 Å². The first kappa shape index (κ1) is 17.4. The van der Waals surface area contributed by atoms with Crippen LogP contribution in [0, 0.1) is 11.7 Å². The summed E-state index contributed by atoms with van der Waals surface area (Å²) in [4.78, 5) is 15.9. The van der Waals surface area contributed by atoms with Crippen molar-refractivity contribution < 1.29 is 13.9 Å². The Kier molecular flexibility index (Phi) is 5.60. The molecule has 1 heterocycles. The highest BCUT2D eigenvalue weighted by Gasteiger charge is 2.25. The Morgan fingerprint density at radius 3 is 2.92 bits per heavy atom. The third-order valence-electron chi connectivity index (χ3n) is 4.51. The third-order valence-corrected chi connectivity index (χ3v) is 4.51. The Morgan fingerprint density at radius 1 is 1.36 bits per heavy atom. The molecule has 1 aliphatic carbocycles. The Labute approximate surface area is 146 Å². The zero-order valence-corrected chi connectivity index (χ0v) is 14.0.